The average Bonchev–Trinajstić information content (AvgIpc) is 2.51. The molecule has 1 aromatic rings. The molecule has 1 aliphatic heterocycles. The topological polar surface area (TPSA) is 88.0 Å². The lowest BCUT2D eigenvalue weighted by atomic mass is 9.90. The summed E-state index contributed by atoms with van der Waals surface area (Å²) in [6.45, 7) is 0.869. The largest absolute Gasteiger partial charge is 0.486 e. The minimum Gasteiger partial charge on any atom is -0.486 e. The van der Waals surface area contributed by atoms with Gasteiger partial charge < -0.3 is 25.0 Å². The molecule has 1 fully saturated rings. The third kappa shape index (κ3) is 2.82. The summed E-state index contributed by atoms with van der Waals surface area (Å²) in [5, 5.41) is 22.4. The number of para-hydroxylation sites is 1. The molecule has 114 valence electrons. The third-order valence-corrected chi connectivity index (χ3v) is 3.95. The van der Waals surface area contributed by atoms with E-state index in [0.29, 0.717) is 43.1 Å². The number of carbonyl (C=O) groups excluding carboxylic acids is 1. The minimum absolute atomic E-state index is 0.324. The summed E-state index contributed by atoms with van der Waals surface area (Å²) in [7, 11) is 0. The number of nitrogens with one attached hydrogen (secondary N) is 1. The number of aliphatic hydroxyl groups is 2. The van der Waals surface area contributed by atoms with Crippen LogP contribution in [-0.4, -0.2) is 47.6 Å². The molecule has 2 aliphatic rings. The standard InChI is InChI=1S/C15H19NO5/c17-11-5-2-4-10(13(11)18)16-15(19)9-3-1-6-12-14(9)21-8-7-20-12/h1,3,6,10-11,13,17-18H,2,4-5,7-8H2,(H,16,19)/t10-,11-,13-/m1/s1. The van der Waals surface area contributed by atoms with Crippen molar-refractivity contribution in [2.75, 3.05) is 13.2 Å². The number of ether oxygens (including phenoxy) is 2. The zero-order chi connectivity index (χ0) is 14.8. The summed E-state index contributed by atoms with van der Waals surface area (Å²) in [6, 6.07) is 4.70. The van der Waals surface area contributed by atoms with Gasteiger partial charge in [0.05, 0.1) is 23.8 Å². The summed E-state index contributed by atoms with van der Waals surface area (Å²) < 4.78 is 11.0. The lowest BCUT2D eigenvalue weighted by Gasteiger charge is -2.32. The van der Waals surface area contributed by atoms with Crippen LogP contribution >= 0.6 is 0 Å². The van der Waals surface area contributed by atoms with Crippen LogP contribution in [0, 0.1) is 0 Å². The van der Waals surface area contributed by atoms with Crippen molar-refractivity contribution in [3.63, 3.8) is 0 Å². The van der Waals surface area contributed by atoms with Gasteiger partial charge in [-0.25, -0.2) is 0 Å². The van der Waals surface area contributed by atoms with Crippen LogP contribution in [0.1, 0.15) is 29.6 Å². The lowest BCUT2D eigenvalue weighted by molar-refractivity contribution is -0.0278. The Morgan fingerprint density at radius 2 is 2.00 bits per heavy atom. The van der Waals surface area contributed by atoms with Crippen molar-refractivity contribution in [3.05, 3.63) is 23.8 Å². The number of fused-ring (bicyclic) bond motifs is 1. The van der Waals surface area contributed by atoms with Crippen LogP contribution in [0.25, 0.3) is 0 Å². The predicted molar refractivity (Wildman–Crippen MR) is 74.6 cm³/mol. The normalized spacial score (nSPS) is 28.0. The molecule has 6 heteroatoms. The molecule has 0 radical (unpaired) electrons. The van der Waals surface area contributed by atoms with E-state index in [4.69, 9.17) is 9.47 Å². The van der Waals surface area contributed by atoms with Crippen LogP contribution in [0.15, 0.2) is 18.2 Å². The van der Waals surface area contributed by atoms with E-state index in [1.807, 2.05) is 0 Å². The molecule has 6 nitrogen and oxygen atoms in total. The first kappa shape index (κ1) is 14.2. The van der Waals surface area contributed by atoms with Gasteiger partial charge in [0.2, 0.25) is 0 Å². The Morgan fingerprint density at radius 3 is 2.86 bits per heavy atom. The Labute approximate surface area is 122 Å². The Bertz CT molecular complexity index is 533. The third-order valence-electron chi connectivity index (χ3n) is 3.95. The predicted octanol–water partition coefficient (Wildman–Crippen LogP) is 0.462. The Balaban J connectivity index is 1.76. The van der Waals surface area contributed by atoms with E-state index in [-0.39, 0.29) is 5.91 Å². The molecular weight excluding hydrogens is 274 g/mol. The molecule has 3 atom stereocenters. The zero-order valence-electron chi connectivity index (χ0n) is 11.6. The van der Waals surface area contributed by atoms with E-state index in [9.17, 15) is 15.0 Å². The van der Waals surface area contributed by atoms with E-state index in [0.717, 1.165) is 6.42 Å². The van der Waals surface area contributed by atoms with E-state index in [1.165, 1.54) is 0 Å². The fourth-order valence-electron chi connectivity index (χ4n) is 2.81. The van der Waals surface area contributed by atoms with Gasteiger partial charge in [-0.2, -0.15) is 0 Å². The number of amides is 1. The maximum absolute atomic E-state index is 12.4. The van der Waals surface area contributed by atoms with Crippen molar-refractivity contribution in [1.29, 1.82) is 0 Å². The monoisotopic (exact) mass is 293 g/mol. The van der Waals surface area contributed by atoms with Crippen molar-refractivity contribution in [1.82, 2.24) is 5.32 Å². The van der Waals surface area contributed by atoms with Crippen molar-refractivity contribution in [2.45, 2.75) is 37.5 Å². The van der Waals surface area contributed by atoms with Crippen LogP contribution in [0.4, 0.5) is 0 Å². The zero-order valence-corrected chi connectivity index (χ0v) is 11.6. The fourth-order valence-corrected chi connectivity index (χ4v) is 2.81. The second-order valence-electron chi connectivity index (χ2n) is 5.40. The van der Waals surface area contributed by atoms with E-state index in [2.05, 4.69) is 5.32 Å². The van der Waals surface area contributed by atoms with Crippen LogP contribution in [0.2, 0.25) is 0 Å². The first-order chi connectivity index (χ1) is 10.2. The van der Waals surface area contributed by atoms with Gasteiger partial charge in [-0.3, -0.25) is 4.79 Å². The van der Waals surface area contributed by atoms with Gasteiger partial charge in [0.25, 0.3) is 5.91 Å². The SMILES string of the molecule is O=C(N[C@@H]1CCC[C@@H](O)[C@@H]1O)c1cccc2c1OCCO2. The van der Waals surface area contributed by atoms with Crippen LogP contribution in [0.5, 0.6) is 11.5 Å². The molecule has 1 aliphatic carbocycles. The maximum Gasteiger partial charge on any atom is 0.255 e. The minimum atomic E-state index is -0.931. The average molecular weight is 293 g/mol. The number of hydrogen-bond acceptors (Lipinski definition) is 5. The molecule has 1 amide bonds. The lowest BCUT2D eigenvalue weighted by Crippen LogP contribution is -2.51. The number of aliphatic hydroxyl groups excluding tert-OH is 2. The van der Waals surface area contributed by atoms with Gasteiger partial charge >= 0.3 is 0 Å². The molecular formula is C15H19NO5. The number of carbonyl (C=O) groups is 1. The Morgan fingerprint density at radius 1 is 1.19 bits per heavy atom. The fraction of sp³-hybridized carbons (Fsp3) is 0.533. The highest BCUT2D eigenvalue weighted by Crippen LogP contribution is 2.33. The Kier molecular flexibility index (Phi) is 3.98. The first-order valence-corrected chi connectivity index (χ1v) is 7.22. The molecule has 1 aromatic carbocycles. The van der Waals surface area contributed by atoms with E-state index in [1.54, 1.807) is 18.2 Å². The second-order valence-corrected chi connectivity index (χ2v) is 5.40. The van der Waals surface area contributed by atoms with Crippen LogP contribution < -0.4 is 14.8 Å². The quantitative estimate of drug-likeness (QED) is 0.737. The van der Waals surface area contributed by atoms with Crippen molar-refractivity contribution >= 4 is 5.91 Å². The van der Waals surface area contributed by atoms with Gasteiger partial charge in [0.1, 0.15) is 13.2 Å². The highest BCUT2D eigenvalue weighted by Gasteiger charge is 2.32. The van der Waals surface area contributed by atoms with Crippen molar-refractivity contribution in [3.8, 4) is 11.5 Å². The van der Waals surface area contributed by atoms with Gasteiger partial charge in [-0.1, -0.05) is 6.07 Å². The summed E-state index contributed by atoms with van der Waals surface area (Å²) in [4.78, 5) is 12.4. The smallest absolute Gasteiger partial charge is 0.255 e. The molecule has 0 bridgehead atoms. The van der Waals surface area contributed by atoms with Gasteiger partial charge in [-0.05, 0) is 31.4 Å². The van der Waals surface area contributed by atoms with Crippen molar-refractivity contribution < 1.29 is 24.5 Å². The van der Waals surface area contributed by atoms with Gasteiger partial charge in [0.15, 0.2) is 11.5 Å². The van der Waals surface area contributed by atoms with E-state index < -0.39 is 18.2 Å². The molecule has 0 unspecified atom stereocenters. The van der Waals surface area contributed by atoms with Crippen molar-refractivity contribution in [2.24, 2.45) is 0 Å². The molecule has 0 spiro atoms. The van der Waals surface area contributed by atoms with Gasteiger partial charge in [0, 0.05) is 0 Å². The molecule has 1 saturated carbocycles. The molecule has 3 rings (SSSR count). The molecule has 0 saturated heterocycles. The molecule has 1 heterocycles. The number of benzene rings is 1. The van der Waals surface area contributed by atoms with E-state index >= 15 is 0 Å². The summed E-state index contributed by atoms with van der Waals surface area (Å²) in [6.07, 6.45) is 0.268. The molecule has 21 heavy (non-hydrogen) atoms. The van der Waals surface area contributed by atoms with Crippen LogP contribution in [0.3, 0.4) is 0 Å². The number of hydrogen-bond donors (Lipinski definition) is 3. The highest BCUT2D eigenvalue weighted by atomic mass is 16.6. The number of rotatable bonds is 2. The second kappa shape index (κ2) is 5.91. The summed E-state index contributed by atoms with van der Waals surface area (Å²) in [5.41, 5.74) is 0.388. The Hall–Kier alpha value is -1.79. The van der Waals surface area contributed by atoms with Crippen LogP contribution in [-0.2, 0) is 0 Å². The molecule has 0 aromatic heterocycles. The van der Waals surface area contributed by atoms with Gasteiger partial charge in [-0.15, -0.1) is 0 Å². The summed E-state index contributed by atoms with van der Waals surface area (Å²) >= 11 is 0. The highest BCUT2D eigenvalue weighted by molar-refractivity contribution is 5.98. The molecule has 3 N–H and O–H groups in total. The maximum atomic E-state index is 12.4. The first-order valence-electron chi connectivity index (χ1n) is 7.22. The summed E-state index contributed by atoms with van der Waals surface area (Å²) in [5.74, 6) is 0.667.